The zero-order valence-corrected chi connectivity index (χ0v) is 11.3. The first-order chi connectivity index (χ1) is 10.6. The SMILES string of the molecule is N#CC(=C1NC(=N)c2ccccc21)c1ccc([N+](=O)[O-])cc1. The summed E-state index contributed by atoms with van der Waals surface area (Å²) in [5.74, 6) is 0.236. The largest absolute Gasteiger partial charge is 0.339 e. The van der Waals surface area contributed by atoms with Crippen LogP contribution in [0.15, 0.2) is 48.5 Å². The molecule has 2 N–H and O–H groups in total. The number of nitro benzene ring substituents is 1. The van der Waals surface area contributed by atoms with Crippen LogP contribution in [0.1, 0.15) is 16.7 Å². The number of hydrogen-bond acceptors (Lipinski definition) is 4. The molecule has 0 saturated heterocycles. The molecule has 0 unspecified atom stereocenters. The minimum Gasteiger partial charge on any atom is -0.339 e. The average molecular weight is 290 g/mol. The van der Waals surface area contributed by atoms with Crippen molar-refractivity contribution in [3.8, 4) is 6.07 Å². The van der Waals surface area contributed by atoms with Crippen molar-refractivity contribution < 1.29 is 4.92 Å². The highest BCUT2D eigenvalue weighted by Gasteiger charge is 2.24. The molecule has 1 aliphatic heterocycles. The highest BCUT2D eigenvalue weighted by atomic mass is 16.6. The molecule has 0 amide bonds. The van der Waals surface area contributed by atoms with E-state index in [2.05, 4.69) is 11.4 Å². The Morgan fingerprint density at radius 1 is 1.14 bits per heavy atom. The predicted octanol–water partition coefficient (Wildman–Crippen LogP) is 2.92. The van der Waals surface area contributed by atoms with Crippen molar-refractivity contribution in [3.05, 3.63) is 75.3 Å². The van der Waals surface area contributed by atoms with Crippen LogP contribution < -0.4 is 5.32 Å². The highest BCUT2D eigenvalue weighted by molar-refractivity contribution is 6.16. The van der Waals surface area contributed by atoms with Crippen molar-refractivity contribution in [3.63, 3.8) is 0 Å². The Kier molecular flexibility index (Phi) is 3.16. The Labute approximate surface area is 126 Å². The quantitative estimate of drug-likeness (QED) is 0.504. The molecule has 3 rings (SSSR count). The normalized spacial score (nSPS) is 14.8. The summed E-state index contributed by atoms with van der Waals surface area (Å²) < 4.78 is 0. The third-order valence-electron chi connectivity index (χ3n) is 3.44. The van der Waals surface area contributed by atoms with E-state index in [-0.39, 0.29) is 11.5 Å². The van der Waals surface area contributed by atoms with Crippen LogP contribution in [0.4, 0.5) is 5.69 Å². The van der Waals surface area contributed by atoms with Crippen LogP contribution in [0.3, 0.4) is 0 Å². The summed E-state index contributed by atoms with van der Waals surface area (Å²) in [6, 6.07) is 15.2. The highest BCUT2D eigenvalue weighted by Crippen LogP contribution is 2.31. The molecular formula is C16H10N4O2. The summed E-state index contributed by atoms with van der Waals surface area (Å²) in [5, 5.41) is 31.0. The maximum atomic E-state index is 10.7. The van der Waals surface area contributed by atoms with Crippen LogP contribution in [0.2, 0.25) is 0 Å². The van der Waals surface area contributed by atoms with Gasteiger partial charge >= 0.3 is 0 Å². The van der Waals surface area contributed by atoms with Crippen molar-refractivity contribution in [2.24, 2.45) is 0 Å². The Balaban J connectivity index is 2.14. The second kappa shape index (κ2) is 5.14. The van der Waals surface area contributed by atoms with Crippen molar-refractivity contribution in [2.75, 3.05) is 0 Å². The molecule has 2 aromatic rings. The molecule has 0 fully saturated rings. The lowest BCUT2D eigenvalue weighted by atomic mass is 10.00. The third-order valence-corrected chi connectivity index (χ3v) is 3.44. The molecule has 0 radical (unpaired) electrons. The summed E-state index contributed by atoms with van der Waals surface area (Å²) in [5.41, 5.74) is 2.95. The molecule has 106 valence electrons. The van der Waals surface area contributed by atoms with Crippen molar-refractivity contribution >= 4 is 22.8 Å². The van der Waals surface area contributed by atoms with E-state index in [1.54, 1.807) is 0 Å². The molecule has 2 aromatic carbocycles. The van der Waals surface area contributed by atoms with Gasteiger partial charge in [-0.3, -0.25) is 15.5 Å². The van der Waals surface area contributed by atoms with Gasteiger partial charge in [-0.05, 0) is 17.7 Å². The van der Waals surface area contributed by atoms with Crippen molar-refractivity contribution in [1.29, 1.82) is 10.7 Å². The van der Waals surface area contributed by atoms with Crippen molar-refractivity contribution in [1.82, 2.24) is 5.32 Å². The first-order valence-electron chi connectivity index (χ1n) is 6.46. The third kappa shape index (κ3) is 2.11. The van der Waals surface area contributed by atoms with Gasteiger partial charge in [0.05, 0.1) is 16.2 Å². The minimum absolute atomic E-state index is 0.0291. The standard InChI is InChI=1S/C16H10N4O2/c17-9-14(10-5-7-11(8-6-10)20(21)22)15-12-3-1-2-4-13(12)16(18)19-15/h1-8H,(H2,18,19). The van der Waals surface area contributed by atoms with E-state index in [1.807, 2.05) is 24.3 Å². The van der Waals surface area contributed by atoms with Gasteiger partial charge in [0.1, 0.15) is 11.9 Å². The molecule has 0 aliphatic carbocycles. The van der Waals surface area contributed by atoms with Gasteiger partial charge in [-0.15, -0.1) is 0 Å². The molecule has 0 spiro atoms. The summed E-state index contributed by atoms with van der Waals surface area (Å²) in [4.78, 5) is 10.2. The number of nitriles is 1. The van der Waals surface area contributed by atoms with Gasteiger partial charge in [-0.25, -0.2) is 0 Å². The fourth-order valence-electron chi connectivity index (χ4n) is 2.39. The fraction of sp³-hybridized carbons (Fsp3) is 0. The van der Waals surface area contributed by atoms with Gasteiger partial charge in [0.15, 0.2) is 0 Å². The van der Waals surface area contributed by atoms with Gasteiger partial charge in [0, 0.05) is 23.3 Å². The smallest absolute Gasteiger partial charge is 0.269 e. The number of hydrogen-bond donors (Lipinski definition) is 2. The zero-order valence-electron chi connectivity index (χ0n) is 11.3. The molecular weight excluding hydrogens is 280 g/mol. The molecule has 0 bridgehead atoms. The molecule has 1 aliphatic rings. The van der Waals surface area contributed by atoms with E-state index < -0.39 is 4.92 Å². The molecule has 22 heavy (non-hydrogen) atoms. The lowest BCUT2D eigenvalue weighted by molar-refractivity contribution is -0.384. The Bertz CT molecular complexity index is 860. The molecule has 0 aromatic heterocycles. The van der Waals surface area contributed by atoms with Crippen LogP contribution in [-0.2, 0) is 0 Å². The number of nitro groups is 1. The molecule has 6 heteroatoms. The molecule has 1 heterocycles. The van der Waals surface area contributed by atoms with Gasteiger partial charge in [-0.2, -0.15) is 5.26 Å². The number of non-ortho nitro benzene ring substituents is 1. The number of rotatable bonds is 2. The minimum atomic E-state index is -0.484. The second-order valence-electron chi connectivity index (χ2n) is 4.71. The number of allylic oxidation sites excluding steroid dienone is 1. The molecule has 0 atom stereocenters. The van der Waals surface area contributed by atoms with E-state index in [4.69, 9.17) is 5.41 Å². The lowest BCUT2D eigenvalue weighted by Crippen LogP contribution is -2.13. The summed E-state index contributed by atoms with van der Waals surface area (Å²) in [7, 11) is 0. The van der Waals surface area contributed by atoms with Gasteiger partial charge in [0.2, 0.25) is 0 Å². The van der Waals surface area contributed by atoms with Gasteiger partial charge in [-0.1, -0.05) is 24.3 Å². The van der Waals surface area contributed by atoms with E-state index in [0.717, 1.165) is 11.1 Å². The Hall–Kier alpha value is -3.46. The van der Waals surface area contributed by atoms with Crippen LogP contribution in [-0.4, -0.2) is 10.8 Å². The maximum Gasteiger partial charge on any atom is 0.269 e. The van der Waals surface area contributed by atoms with Gasteiger partial charge < -0.3 is 5.32 Å². The first-order valence-corrected chi connectivity index (χ1v) is 6.46. The number of benzene rings is 2. The lowest BCUT2D eigenvalue weighted by Gasteiger charge is -2.05. The van der Waals surface area contributed by atoms with Gasteiger partial charge in [0.25, 0.3) is 5.69 Å². The number of amidine groups is 1. The van der Waals surface area contributed by atoms with E-state index >= 15 is 0 Å². The zero-order chi connectivity index (χ0) is 15.7. The maximum absolute atomic E-state index is 10.7. The predicted molar refractivity (Wildman–Crippen MR) is 81.9 cm³/mol. The van der Waals surface area contributed by atoms with Crippen LogP contribution >= 0.6 is 0 Å². The summed E-state index contributed by atoms with van der Waals surface area (Å²) >= 11 is 0. The van der Waals surface area contributed by atoms with E-state index in [0.29, 0.717) is 16.8 Å². The fourth-order valence-corrected chi connectivity index (χ4v) is 2.39. The summed E-state index contributed by atoms with van der Waals surface area (Å²) in [6.45, 7) is 0. The first kappa shape index (κ1) is 13.5. The monoisotopic (exact) mass is 290 g/mol. The number of nitrogens with one attached hydrogen (secondary N) is 2. The van der Waals surface area contributed by atoms with Crippen LogP contribution in [0.5, 0.6) is 0 Å². The average Bonchev–Trinajstić information content (AvgIpc) is 2.86. The second-order valence-corrected chi connectivity index (χ2v) is 4.71. The Morgan fingerprint density at radius 3 is 2.36 bits per heavy atom. The van der Waals surface area contributed by atoms with Crippen molar-refractivity contribution in [2.45, 2.75) is 0 Å². The molecule has 0 saturated carbocycles. The van der Waals surface area contributed by atoms with E-state index in [1.165, 1.54) is 24.3 Å². The number of nitrogens with zero attached hydrogens (tertiary/aromatic N) is 2. The van der Waals surface area contributed by atoms with Crippen LogP contribution in [0, 0.1) is 26.9 Å². The molecule has 6 nitrogen and oxygen atoms in total. The topological polar surface area (TPSA) is 103 Å². The Morgan fingerprint density at radius 2 is 1.77 bits per heavy atom. The van der Waals surface area contributed by atoms with Crippen LogP contribution in [0.25, 0.3) is 11.3 Å². The summed E-state index contributed by atoms with van der Waals surface area (Å²) in [6.07, 6.45) is 0. The van der Waals surface area contributed by atoms with E-state index in [9.17, 15) is 15.4 Å². The number of fused-ring (bicyclic) bond motifs is 1.